The molecule has 178 valence electrons. The van der Waals surface area contributed by atoms with E-state index in [4.69, 9.17) is 11.5 Å². The Morgan fingerprint density at radius 1 is 1.18 bits per heavy atom. The number of aromatic nitrogens is 2. The molecule has 0 spiro atoms. The molecule has 3 heterocycles. The summed E-state index contributed by atoms with van der Waals surface area (Å²) in [7, 11) is 0. The molecule has 1 aromatic carbocycles. The molecular weight excluding hydrogens is 447 g/mol. The van der Waals surface area contributed by atoms with Crippen LogP contribution in [-0.2, 0) is 6.42 Å². The number of nitrogens with two attached hydrogens (primary N) is 2. The standard InChI is InChI=1S/C24H24F3N5O2/c1-12-10-32(11-18(29)24(12)34)19-5-6-30-9-13(19)7-20(33)23-17(28)8-16(27)22(31-23)21-14(25)3-2-4-15(21)26/h2-6,8-9,12,18,24,34H,7,10-11,28-29H2,1H3/t12-,18+,24+/m0/s1. The number of Topliss-reactive ketones (excluding diaryl/α,β-unsaturated/α-hetero) is 1. The average molecular weight is 471 g/mol. The van der Waals surface area contributed by atoms with Gasteiger partial charge in [-0.2, -0.15) is 0 Å². The lowest BCUT2D eigenvalue weighted by molar-refractivity contribution is 0.0784. The third kappa shape index (κ3) is 4.46. The Kier molecular flexibility index (Phi) is 6.54. The maximum absolute atomic E-state index is 14.5. The van der Waals surface area contributed by atoms with Crippen molar-refractivity contribution in [1.82, 2.24) is 9.97 Å². The minimum atomic E-state index is -1.05. The van der Waals surface area contributed by atoms with E-state index in [-0.39, 0.29) is 23.7 Å². The minimum Gasteiger partial charge on any atom is -0.397 e. The van der Waals surface area contributed by atoms with E-state index in [1.54, 1.807) is 12.3 Å². The molecule has 1 fully saturated rings. The van der Waals surface area contributed by atoms with Crippen LogP contribution < -0.4 is 16.4 Å². The number of carbonyl (C=O) groups excluding carboxylic acids is 1. The topological polar surface area (TPSA) is 118 Å². The molecule has 1 aliphatic rings. The van der Waals surface area contributed by atoms with Gasteiger partial charge in [0.25, 0.3) is 0 Å². The molecule has 3 aromatic rings. The molecule has 0 aliphatic carbocycles. The van der Waals surface area contributed by atoms with Gasteiger partial charge in [-0.3, -0.25) is 9.78 Å². The quantitative estimate of drug-likeness (QED) is 0.490. The Morgan fingerprint density at radius 2 is 1.88 bits per heavy atom. The maximum atomic E-state index is 14.5. The van der Waals surface area contributed by atoms with Gasteiger partial charge in [0.2, 0.25) is 0 Å². The van der Waals surface area contributed by atoms with Crippen LogP contribution in [0.2, 0.25) is 0 Å². The monoisotopic (exact) mass is 471 g/mol. The first-order chi connectivity index (χ1) is 16.2. The molecule has 7 nitrogen and oxygen atoms in total. The van der Waals surface area contributed by atoms with Gasteiger partial charge in [-0.25, -0.2) is 18.2 Å². The molecule has 0 saturated carbocycles. The van der Waals surface area contributed by atoms with E-state index >= 15 is 0 Å². The highest BCUT2D eigenvalue weighted by Crippen LogP contribution is 2.31. The van der Waals surface area contributed by atoms with E-state index in [9.17, 15) is 23.1 Å². The minimum absolute atomic E-state index is 0.0897. The van der Waals surface area contributed by atoms with Crippen molar-refractivity contribution >= 4 is 17.2 Å². The number of piperidine rings is 1. The first-order valence-corrected chi connectivity index (χ1v) is 10.7. The Hall–Kier alpha value is -3.50. The first kappa shape index (κ1) is 23.7. The number of aliphatic hydroxyl groups is 1. The largest absolute Gasteiger partial charge is 0.397 e. The predicted molar refractivity (Wildman–Crippen MR) is 122 cm³/mol. The molecule has 10 heteroatoms. The van der Waals surface area contributed by atoms with Crippen molar-refractivity contribution in [3.8, 4) is 11.3 Å². The van der Waals surface area contributed by atoms with Gasteiger partial charge in [-0.05, 0) is 18.2 Å². The van der Waals surface area contributed by atoms with Crippen LogP contribution in [0.3, 0.4) is 0 Å². The van der Waals surface area contributed by atoms with Crippen LogP contribution in [0.15, 0.2) is 42.7 Å². The first-order valence-electron chi connectivity index (χ1n) is 10.7. The van der Waals surface area contributed by atoms with E-state index in [1.807, 2.05) is 11.8 Å². The van der Waals surface area contributed by atoms with E-state index < -0.39 is 46.6 Å². The molecule has 2 aromatic heterocycles. The summed E-state index contributed by atoms with van der Waals surface area (Å²) >= 11 is 0. The summed E-state index contributed by atoms with van der Waals surface area (Å²) in [4.78, 5) is 23.1. The summed E-state index contributed by atoms with van der Waals surface area (Å²) < 4.78 is 43.0. The Morgan fingerprint density at radius 3 is 2.56 bits per heavy atom. The zero-order valence-electron chi connectivity index (χ0n) is 18.4. The van der Waals surface area contributed by atoms with Crippen LogP contribution in [0.4, 0.5) is 24.5 Å². The lowest BCUT2D eigenvalue weighted by atomic mass is 9.92. The maximum Gasteiger partial charge on any atom is 0.187 e. The zero-order valence-corrected chi connectivity index (χ0v) is 18.4. The summed E-state index contributed by atoms with van der Waals surface area (Å²) in [5, 5.41) is 10.2. The van der Waals surface area contributed by atoms with Crippen molar-refractivity contribution in [2.45, 2.75) is 25.5 Å². The SMILES string of the molecule is C[C@H]1CN(c2ccncc2CC(=O)c2nc(-c3c(F)cccc3F)c(F)cc2N)C[C@@H](N)[C@@H]1O. The van der Waals surface area contributed by atoms with Gasteiger partial charge in [0, 0.05) is 61.2 Å². The summed E-state index contributed by atoms with van der Waals surface area (Å²) in [6.07, 6.45) is 2.27. The Labute approximate surface area is 194 Å². The summed E-state index contributed by atoms with van der Waals surface area (Å²) in [5.41, 5.74) is 11.3. The lowest BCUT2D eigenvalue weighted by Crippen LogP contribution is -2.55. The number of hydrogen-bond donors (Lipinski definition) is 3. The fraction of sp³-hybridized carbons (Fsp3) is 0.292. The molecular formula is C24H24F3N5O2. The zero-order chi connectivity index (χ0) is 24.6. The van der Waals surface area contributed by atoms with Crippen LogP contribution in [0, 0.1) is 23.4 Å². The number of nitrogens with zero attached hydrogens (tertiary/aromatic N) is 3. The molecule has 1 aliphatic heterocycles. The Bertz CT molecular complexity index is 1210. The highest BCUT2D eigenvalue weighted by Gasteiger charge is 2.32. The second-order valence-corrected chi connectivity index (χ2v) is 8.49. The number of benzene rings is 1. The number of pyridine rings is 2. The number of halogens is 3. The number of ketones is 1. The van der Waals surface area contributed by atoms with Crippen molar-refractivity contribution in [3.63, 3.8) is 0 Å². The summed E-state index contributed by atoms with van der Waals surface area (Å²) in [6, 6.07) is 5.19. The van der Waals surface area contributed by atoms with Crippen molar-refractivity contribution in [2.24, 2.45) is 11.7 Å². The molecule has 1 saturated heterocycles. The van der Waals surface area contributed by atoms with Gasteiger partial charge in [-0.1, -0.05) is 13.0 Å². The second kappa shape index (κ2) is 9.40. The van der Waals surface area contributed by atoms with Crippen LogP contribution in [-0.4, -0.2) is 46.1 Å². The van der Waals surface area contributed by atoms with Gasteiger partial charge >= 0.3 is 0 Å². The fourth-order valence-electron chi connectivity index (χ4n) is 4.26. The van der Waals surface area contributed by atoms with Gasteiger partial charge in [0.05, 0.1) is 17.4 Å². The summed E-state index contributed by atoms with van der Waals surface area (Å²) in [6.45, 7) is 2.79. The third-order valence-corrected chi connectivity index (χ3v) is 6.00. The van der Waals surface area contributed by atoms with Crippen LogP contribution >= 0.6 is 0 Å². The normalized spacial score (nSPS) is 20.4. The number of carbonyl (C=O) groups is 1. The second-order valence-electron chi connectivity index (χ2n) is 8.49. The highest BCUT2D eigenvalue weighted by atomic mass is 19.1. The van der Waals surface area contributed by atoms with Crippen LogP contribution in [0.5, 0.6) is 0 Å². The molecule has 0 bridgehead atoms. The molecule has 3 atom stereocenters. The van der Waals surface area contributed by atoms with Crippen LogP contribution in [0.1, 0.15) is 23.0 Å². The van der Waals surface area contributed by atoms with Crippen molar-refractivity contribution < 1.29 is 23.1 Å². The fourth-order valence-corrected chi connectivity index (χ4v) is 4.26. The molecule has 0 radical (unpaired) electrons. The van der Waals surface area contributed by atoms with E-state index in [0.717, 1.165) is 24.3 Å². The molecule has 34 heavy (non-hydrogen) atoms. The average Bonchev–Trinajstić information content (AvgIpc) is 2.78. The molecule has 0 unspecified atom stereocenters. The van der Waals surface area contributed by atoms with Gasteiger partial charge < -0.3 is 21.5 Å². The van der Waals surface area contributed by atoms with Crippen LogP contribution in [0.25, 0.3) is 11.3 Å². The Balaban J connectivity index is 1.67. The van der Waals surface area contributed by atoms with Gasteiger partial charge in [-0.15, -0.1) is 0 Å². The molecule has 0 amide bonds. The molecule has 5 N–H and O–H groups in total. The van der Waals surface area contributed by atoms with Crippen molar-refractivity contribution in [2.75, 3.05) is 23.7 Å². The lowest BCUT2D eigenvalue weighted by Gasteiger charge is -2.40. The highest BCUT2D eigenvalue weighted by molar-refractivity contribution is 6.01. The van der Waals surface area contributed by atoms with Gasteiger partial charge in [0.15, 0.2) is 11.6 Å². The van der Waals surface area contributed by atoms with E-state index in [0.29, 0.717) is 24.3 Å². The number of nitrogen functional groups attached to an aromatic ring is 1. The van der Waals surface area contributed by atoms with Gasteiger partial charge in [0.1, 0.15) is 23.0 Å². The summed E-state index contributed by atoms with van der Waals surface area (Å²) in [5.74, 6) is -3.73. The van der Waals surface area contributed by atoms with Crippen molar-refractivity contribution in [1.29, 1.82) is 0 Å². The van der Waals surface area contributed by atoms with Crippen molar-refractivity contribution in [3.05, 3.63) is 71.4 Å². The van der Waals surface area contributed by atoms with E-state index in [2.05, 4.69) is 9.97 Å². The number of hydrogen-bond acceptors (Lipinski definition) is 7. The number of anilines is 2. The number of aliphatic hydroxyl groups excluding tert-OH is 1. The number of rotatable bonds is 5. The third-order valence-electron chi connectivity index (χ3n) is 6.00. The molecule has 4 rings (SSSR count). The smallest absolute Gasteiger partial charge is 0.187 e. The van der Waals surface area contributed by atoms with E-state index in [1.165, 1.54) is 6.20 Å². The predicted octanol–water partition coefficient (Wildman–Crippen LogP) is 2.71.